The molecule has 0 aliphatic rings. The molecule has 3 heteroatoms. The lowest BCUT2D eigenvalue weighted by atomic mass is 9.99. The summed E-state index contributed by atoms with van der Waals surface area (Å²) in [5, 5.41) is 9.37. The van der Waals surface area contributed by atoms with Gasteiger partial charge in [-0.05, 0) is 92.8 Å². The number of rotatable bonds is 5. The highest BCUT2D eigenvalue weighted by Gasteiger charge is 2.20. The number of para-hydroxylation sites is 2. The first kappa shape index (κ1) is 29.6. The van der Waals surface area contributed by atoms with E-state index in [4.69, 9.17) is 8.83 Å². The highest BCUT2D eigenvalue weighted by atomic mass is 16.3. The Hall–Kier alpha value is -7.10. The molecule has 53 heavy (non-hydrogen) atoms. The number of hydrogen-bond donors (Lipinski definition) is 0. The van der Waals surface area contributed by atoms with E-state index in [-0.39, 0.29) is 0 Å². The summed E-state index contributed by atoms with van der Waals surface area (Å²) in [7, 11) is 0. The van der Waals surface area contributed by atoms with E-state index in [9.17, 15) is 0 Å². The predicted octanol–water partition coefficient (Wildman–Crippen LogP) is 14.6. The van der Waals surface area contributed by atoms with Gasteiger partial charge >= 0.3 is 0 Å². The Morgan fingerprint density at radius 3 is 1.92 bits per heavy atom. The maximum atomic E-state index is 6.48. The second kappa shape index (κ2) is 11.7. The van der Waals surface area contributed by atoms with E-state index in [0.717, 1.165) is 83.2 Å². The lowest BCUT2D eigenvalue weighted by Crippen LogP contribution is -2.10. The first-order chi connectivity index (χ1) is 26.3. The van der Waals surface area contributed by atoms with Crippen molar-refractivity contribution in [2.75, 3.05) is 4.90 Å². The molecule has 0 aliphatic carbocycles. The number of benzene rings is 9. The third-order valence-corrected chi connectivity index (χ3v) is 10.6. The van der Waals surface area contributed by atoms with Crippen molar-refractivity contribution in [3.05, 3.63) is 188 Å². The summed E-state index contributed by atoms with van der Waals surface area (Å²) in [6, 6.07) is 66.8. The molecule has 0 fully saturated rings. The van der Waals surface area contributed by atoms with Gasteiger partial charge in [0.2, 0.25) is 0 Å². The molecule has 0 atom stereocenters. The molecule has 0 saturated carbocycles. The molecule has 11 rings (SSSR count). The molecule has 0 amide bonds. The van der Waals surface area contributed by atoms with Gasteiger partial charge in [0.1, 0.15) is 22.3 Å². The Labute approximate surface area is 305 Å². The fourth-order valence-corrected chi connectivity index (χ4v) is 8.14. The maximum Gasteiger partial charge on any atom is 0.143 e. The number of furan rings is 2. The highest BCUT2D eigenvalue weighted by Crippen LogP contribution is 2.44. The molecule has 0 saturated heterocycles. The van der Waals surface area contributed by atoms with Gasteiger partial charge in [0, 0.05) is 33.1 Å². The van der Waals surface area contributed by atoms with Gasteiger partial charge in [-0.25, -0.2) is 0 Å². The van der Waals surface area contributed by atoms with Crippen molar-refractivity contribution in [2.45, 2.75) is 0 Å². The van der Waals surface area contributed by atoms with Gasteiger partial charge in [0.05, 0.1) is 11.1 Å². The highest BCUT2D eigenvalue weighted by molar-refractivity contribution is 6.15. The summed E-state index contributed by atoms with van der Waals surface area (Å²) in [6.45, 7) is 0. The van der Waals surface area contributed by atoms with Crippen LogP contribution in [-0.4, -0.2) is 0 Å². The van der Waals surface area contributed by atoms with E-state index in [1.165, 1.54) is 21.5 Å². The Morgan fingerprint density at radius 2 is 1.02 bits per heavy atom. The predicted molar refractivity (Wildman–Crippen MR) is 222 cm³/mol. The summed E-state index contributed by atoms with van der Waals surface area (Å²) >= 11 is 0. The molecule has 2 aromatic heterocycles. The van der Waals surface area contributed by atoms with Crippen LogP contribution in [0.15, 0.2) is 197 Å². The molecule has 9 aromatic carbocycles. The van der Waals surface area contributed by atoms with Crippen LogP contribution in [0.25, 0.3) is 87.7 Å². The molecule has 2 heterocycles. The smallest absolute Gasteiger partial charge is 0.143 e. The van der Waals surface area contributed by atoms with Crippen molar-refractivity contribution < 1.29 is 8.83 Å². The minimum absolute atomic E-state index is 0.869. The lowest BCUT2D eigenvalue weighted by Gasteiger charge is -2.27. The standard InChI is InChI=1S/C50H31NO2/c1-2-10-33(11-3-1)41-15-8-16-42-44-31-35(24-29-47(44)53-50(41)42)32-22-25-37(26-23-32)51(45-17-9-19-48-49(45)43-14-6-7-18-46(43)52-48)38-27-28-40-36(30-38)21-20-34-12-4-5-13-39(34)40/h1-31H. The summed E-state index contributed by atoms with van der Waals surface area (Å²) in [4.78, 5) is 2.36. The first-order valence-electron chi connectivity index (χ1n) is 18.0. The lowest BCUT2D eigenvalue weighted by molar-refractivity contribution is 0.669. The molecule has 0 bridgehead atoms. The number of hydrogen-bond acceptors (Lipinski definition) is 3. The van der Waals surface area contributed by atoms with Crippen molar-refractivity contribution in [2.24, 2.45) is 0 Å². The van der Waals surface area contributed by atoms with Crippen LogP contribution < -0.4 is 4.90 Å². The third-order valence-electron chi connectivity index (χ3n) is 10.6. The van der Waals surface area contributed by atoms with Crippen LogP contribution in [0.2, 0.25) is 0 Å². The molecule has 248 valence electrons. The second-order valence-electron chi connectivity index (χ2n) is 13.7. The molecule has 0 radical (unpaired) electrons. The van der Waals surface area contributed by atoms with Gasteiger partial charge in [0.15, 0.2) is 0 Å². The van der Waals surface area contributed by atoms with E-state index in [1.807, 2.05) is 18.2 Å². The molecular weight excluding hydrogens is 647 g/mol. The van der Waals surface area contributed by atoms with Gasteiger partial charge in [-0.3, -0.25) is 0 Å². The number of anilines is 3. The molecule has 0 unspecified atom stereocenters. The fraction of sp³-hybridized carbons (Fsp3) is 0. The molecule has 0 N–H and O–H groups in total. The second-order valence-corrected chi connectivity index (χ2v) is 13.7. The van der Waals surface area contributed by atoms with Crippen molar-refractivity contribution >= 4 is 82.5 Å². The van der Waals surface area contributed by atoms with E-state index < -0.39 is 0 Å². The minimum Gasteiger partial charge on any atom is -0.456 e. The van der Waals surface area contributed by atoms with Gasteiger partial charge in [-0.1, -0.05) is 133 Å². The molecule has 0 aliphatic heterocycles. The van der Waals surface area contributed by atoms with Crippen LogP contribution in [0.3, 0.4) is 0 Å². The van der Waals surface area contributed by atoms with Crippen molar-refractivity contribution in [1.82, 2.24) is 0 Å². The van der Waals surface area contributed by atoms with E-state index in [0.29, 0.717) is 0 Å². The van der Waals surface area contributed by atoms with Gasteiger partial charge in [-0.2, -0.15) is 0 Å². The third kappa shape index (κ3) is 4.75. The maximum absolute atomic E-state index is 6.48. The molecule has 0 spiro atoms. The Bertz CT molecular complexity index is 3170. The van der Waals surface area contributed by atoms with E-state index >= 15 is 0 Å². The summed E-state index contributed by atoms with van der Waals surface area (Å²) in [5.41, 5.74) is 11.3. The van der Waals surface area contributed by atoms with Crippen LogP contribution in [-0.2, 0) is 0 Å². The van der Waals surface area contributed by atoms with Gasteiger partial charge < -0.3 is 13.7 Å². The summed E-state index contributed by atoms with van der Waals surface area (Å²) in [6.07, 6.45) is 0. The van der Waals surface area contributed by atoms with E-state index in [1.54, 1.807) is 0 Å². The SMILES string of the molecule is c1ccc(-c2cccc3c2oc2ccc(-c4ccc(N(c5ccc6c(ccc7ccccc76)c5)c5cccc6oc7ccccc7c56)cc4)cc23)cc1. The van der Waals surface area contributed by atoms with E-state index in [2.05, 4.69) is 175 Å². The quantitative estimate of drug-likeness (QED) is 0.170. The largest absolute Gasteiger partial charge is 0.456 e. The number of fused-ring (bicyclic) bond motifs is 9. The van der Waals surface area contributed by atoms with Gasteiger partial charge in [-0.15, -0.1) is 0 Å². The number of nitrogens with zero attached hydrogens (tertiary/aromatic N) is 1. The summed E-state index contributed by atoms with van der Waals surface area (Å²) < 4.78 is 12.8. The molecule has 3 nitrogen and oxygen atoms in total. The molecule has 11 aromatic rings. The van der Waals surface area contributed by atoms with Crippen LogP contribution in [0, 0.1) is 0 Å². The van der Waals surface area contributed by atoms with Crippen molar-refractivity contribution in [3.63, 3.8) is 0 Å². The van der Waals surface area contributed by atoms with Crippen molar-refractivity contribution in [3.8, 4) is 22.3 Å². The normalized spacial score (nSPS) is 11.8. The van der Waals surface area contributed by atoms with Crippen LogP contribution in [0.1, 0.15) is 0 Å². The Morgan fingerprint density at radius 1 is 0.340 bits per heavy atom. The first-order valence-corrected chi connectivity index (χ1v) is 18.0. The topological polar surface area (TPSA) is 29.5 Å². The minimum atomic E-state index is 0.869. The molecular formula is C50H31NO2. The average molecular weight is 678 g/mol. The van der Waals surface area contributed by atoms with Crippen LogP contribution >= 0.6 is 0 Å². The van der Waals surface area contributed by atoms with Gasteiger partial charge in [0.25, 0.3) is 0 Å². The Kier molecular flexibility index (Phi) is 6.55. The fourth-order valence-electron chi connectivity index (χ4n) is 8.14. The monoisotopic (exact) mass is 677 g/mol. The summed E-state index contributed by atoms with van der Waals surface area (Å²) in [5.74, 6) is 0. The van der Waals surface area contributed by atoms with Crippen molar-refractivity contribution in [1.29, 1.82) is 0 Å². The zero-order valence-corrected chi connectivity index (χ0v) is 28.7. The average Bonchev–Trinajstić information content (AvgIpc) is 3.80. The zero-order chi connectivity index (χ0) is 34.9. The Balaban J connectivity index is 1.06. The van der Waals surface area contributed by atoms with Crippen LogP contribution in [0.5, 0.6) is 0 Å². The zero-order valence-electron chi connectivity index (χ0n) is 28.7. The van der Waals surface area contributed by atoms with Crippen LogP contribution in [0.4, 0.5) is 17.1 Å².